The summed E-state index contributed by atoms with van der Waals surface area (Å²) in [5.41, 5.74) is 0.387. The van der Waals surface area contributed by atoms with Gasteiger partial charge in [0.05, 0.1) is 0 Å². The van der Waals surface area contributed by atoms with Gasteiger partial charge in [-0.25, -0.2) is 8.78 Å². The molecule has 2 aliphatic rings. The van der Waals surface area contributed by atoms with Crippen molar-refractivity contribution < 1.29 is 26.7 Å². The van der Waals surface area contributed by atoms with E-state index >= 15 is 0 Å². The minimum atomic E-state index is -5.12. The Balaban J connectivity index is 1.28. The second-order valence-electron chi connectivity index (χ2n) is 11.5. The number of hydrogen-bond donors (Lipinski definition) is 0. The van der Waals surface area contributed by atoms with Crippen LogP contribution in [0.15, 0.2) is 12.1 Å². The first-order valence-electron chi connectivity index (χ1n) is 14.5. The second-order valence-corrected chi connectivity index (χ2v) is 11.5. The van der Waals surface area contributed by atoms with Gasteiger partial charge < -0.3 is 4.74 Å². The van der Waals surface area contributed by atoms with E-state index in [9.17, 15) is 22.0 Å². The lowest BCUT2D eigenvalue weighted by atomic mass is 9.74. The Morgan fingerprint density at radius 1 is 0.667 bits per heavy atom. The van der Waals surface area contributed by atoms with Crippen LogP contribution in [0.25, 0.3) is 0 Å². The summed E-state index contributed by atoms with van der Waals surface area (Å²) in [4.78, 5) is 0. The van der Waals surface area contributed by atoms with Crippen LogP contribution in [0.3, 0.4) is 0 Å². The molecule has 0 aliphatic heterocycles. The minimum absolute atomic E-state index is 0.387. The molecule has 0 amide bonds. The van der Waals surface area contributed by atoms with Crippen LogP contribution in [0.4, 0.5) is 22.0 Å². The lowest BCUT2D eigenvalue weighted by molar-refractivity contribution is -0.276. The van der Waals surface area contributed by atoms with Gasteiger partial charge >= 0.3 is 6.36 Å². The zero-order chi connectivity index (χ0) is 26.0. The molecule has 206 valence electrons. The van der Waals surface area contributed by atoms with E-state index in [2.05, 4.69) is 11.7 Å². The first kappa shape index (κ1) is 29.2. The molecule has 36 heavy (non-hydrogen) atoms. The van der Waals surface area contributed by atoms with Gasteiger partial charge in [0.1, 0.15) is 0 Å². The highest BCUT2D eigenvalue weighted by Gasteiger charge is 2.34. The zero-order valence-corrected chi connectivity index (χ0v) is 22.0. The molecule has 2 saturated carbocycles. The van der Waals surface area contributed by atoms with Crippen molar-refractivity contribution >= 4 is 0 Å². The summed E-state index contributed by atoms with van der Waals surface area (Å²) in [6, 6.07) is 1.94. The number of aryl methyl sites for hydroxylation is 1. The van der Waals surface area contributed by atoms with E-state index in [4.69, 9.17) is 0 Å². The summed E-state index contributed by atoms with van der Waals surface area (Å²) in [5.74, 6) is -0.777. The number of rotatable bonds is 13. The highest BCUT2D eigenvalue weighted by atomic mass is 19.4. The Labute approximate surface area is 214 Å². The van der Waals surface area contributed by atoms with Gasteiger partial charge in [0.2, 0.25) is 5.75 Å². The van der Waals surface area contributed by atoms with Crippen LogP contribution in [0.5, 0.6) is 5.75 Å². The minimum Gasteiger partial charge on any atom is -0.399 e. The molecule has 0 atom stereocenters. The molecule has 1 aromatic rings. The van der Waals surface area contributed by atoms with Crippen LogP contribution in [0.1, 0.15) is 122 Å². The van der Waals surface area contributed by atoms with Crippen molar-refractivity contribution in [1.82, 2.24) is 0 Å². The molecule has 0 heterocycles. The van der Waals surface area contributed by atoms with Gasteiger partial charge in [-0.15, -0.1) is 13.2 Å². The van der Waals surface area contributed by atoms with Crippen LogP contribution in [0.2, 0.25) is 0 Å². The van der Waals surface area contributed by atoms with Gasteiger partial charge in [0.15, 0.2) is 11.6 Å². The average molecular weight is 517 g/mol. The summed E-state index contributed by atoms with van der Waals surface area (Å²) in [6.45, 7) is 2.27. The molecule has 0 spiro atoms. The normalized spacial score (nSPS) is 25.2. The summed E-state index contributed by atoms with van der Waals surface area (Å²) in [6.07, 6.45) is 17.6. The Hall–Kier alpha value is -1.33. The third kappa shape index (κ3) is 10.2. The molecule has 0 radical (unpaired) electrons. The molecular weight excluding hydrogens is 471 g/mol. The molecule has 2 fully saturated rings. The summed E-state index contributed by atoms with van der Waals surface area (Å²) >= 11 is 0. The van der Waals surface area contributed by atoms with Crippen molar-refractivity contribution in [3.05, 3.63) is 29.3 Å². The van der Waals surface area contributed by atoms with Crippen LogP contribution >= 0.6 is 0 Å². The highest BCUT2D eigenvalue weighted by molar-refractivity contribution is 5.31. The van der Waals surface area contributed by atoms with Crippen molar-refractivity contribution in [2.24, 2.45) is 23.7 Å². The molecule has 0 N–H and O–H groups in total. The lowest BCUT2D eigenvalue weighted by Gasteiger charge is -2.32. The second kappa shape index (κ2) is 14.6. The average Bonchev–Trinajstić information content (AvgIpc) is 2.84. The van der Waals surface area contributed by atoms with Gasteiger partial charge in [-0.2, -0.15) is 0 Å². The fraction of sp³-hybridized carbons (Fsp3) is 0.800. The third-order valence-corrected chi connectivity index (χ3v) is 8.75. The topological polar surface area (TPSA) is 9.23 Å². The summed E-state index contributed by atoms with van der Waals surface area (Å²) < 4.78 is 68.3. The maximum absolute atomic E-state index is 13.9. The molecular formula is C30H45F5O. The standard InChI is InChI=1S/C30H45F5O/c1-2-3-4-5-6-7-22-8-10-23(11-9-22)12-13-24-14-16-25(17-15-24)18-19-26-20-27(31)29(28(32)21-26)36-30(33,34)35/h20-25H,2-19H2,1H3. The fourth-order valence-electron chi connectivity index (χ4n) is 6.47. The van der Waals surface area contributed by atoms with Crippen LogP contribution in [0, 0.1) is 35.3 Å². The van der Waals surface area contributed by atoms with Gasteiger partial charge in [-0.1, -0.05) is 110 Å². The fourth-order valence-corrected chi connectivity index (χ4v) is 6.47. The quantitative estimate of drug-likeness (QED) is 0.187. The predicted octanol–water partition coefficient (Wildman–Crippen LogP) is 10.5. The van der Waals surface area contributed by atoms with Crippen molar-refractivity contribution in [2.75, 3.05) is 0 Å². The first-order chi connectivity index (χ1) is 17.2. The third-order valence-electron chi connectivity index (χ3n) is 8.75. The molecule has 1 aromatic carbocycles. The van der Waals surface area contributed by atoms with Gasteiger partial charge in [-0.05, 0) is 54.2 Å². The van der Waals surface area contributed by atoms with E-state index in [1.807, 2.05) is 0 Å². The number of ether oxygens (including phenoxy) is 1. The number of unbranched alkanes of at least 4 members (excludes halogenated alkanes) is 4. The van der Waals surface area contributed by atoms with Gasteiger partial charge in [0, 0.05) is 0 Å². The Morgan fingerprint density at radius 2 is 1.11 bits per heavy atom. The van der Waals surface area contributed by atoms with Crippen LogP contribution in [-0.2, 0) is 6.42 Å². The molecule has 6 heteroatoms. The zero-order valence-electron chi connectivity index (χ0n) is 22.0. The largest absolute Gasteiger partial charge is 0.573 e. The maximum atomic E-state index is 13.9. The van der Waals surface area contributed by atoms with E-state index in [1.165, 1.54) is 89.9 Å². The molecule has 0 saturated heterocycles. The van der Waals surface area contributed by atoms with E-state index in [0.29, 0.717) is 17.9 Å². The molecule has 0 unspecified atom stereocenters. The highest BCUT2D eigenvalue weighted by Crippen LogP contribution is 2.39. The summed E-state index contributed by atoms with van der Waals surface area (Å²) in [5, 5.41) is 0. The van der Waals surface area contributed by atoms with E-state index < -0.39 is 23.7 Å². The Morgan fingerprint density at radius 3 is 1.58 bits per heavy atom. The number of alkyl halides is 3. The van der Waals surface area contributed by atoms with Gasteiger partial charge in [0.25, 0.3) is 0 Å². The number of benzene rings is 1. The van der Waals surface area contributed by atoms with Gasteiger partial charge in [-0.3, -0.25) is 0 Å². The monoisotopic (exact) mass is 516 g/mol. The van der Waals surface area contributed by atoms with Crippen molar-refractivity contribution in [3.63, 3.8) is 0 Å². The van der Waals surface area contributed by atoms with Crippen molar-refractivity contribution in [2.45, 2.75) is 129 Å². The van der Waals surface area contributed by atoms with Crippen LogP contribution in [-0.4, -0.2) is 6.36 Å². The summed E-state index contributed by atoms with van der Waals surface area (Å²) in [7, 11) is 0. The van der Waals surface area contributed by atoms with Crippen molar-refractivity contribution in [3.8, 4) is 5.75 Å². The van der Waals surface area contributed by atoms with E-state index in [1.54, 1.807) is 0 Å². The van der Waals surface area contributed by atoms with E-state index in [-0.39, 0.29) is 0 Å². The lowest BCUT2D eigenvalue weighted by Crippen LogP contribution is -2.19. The Bertz CT molecular complexity index is 738. The predicted molar refractivity (Wildman–Crippen MR) is 135 cm³/mol. The van der Waals surface area contributed by atoms with Crippen LogP contribution < -0.4 is 4.74 Å². The maximum Gasteiger partial charge on any atom is 0.573 e. The smallest absolute Gasteiger partial charge is 0.399 e. The SMILES string of the molecule is CCCCCCCC1CCC(CCC2CCC(CCc3cc(F)c(OC(F)(F)F)c(F)c3)CC2)CC1. The Kier molecular flexibility index (Phi) is 11.8. The number of halogens is 5. The molecule has 3 rings (SSSR count). The van der Waals surface area contributed by atoms with Crippen molar-refractivity contribution in [1.29, 1.82) is 0 Å². The first-order valence-corrected chi connectivity index (χ1v) is 14.5. The molecule has 1 nitrogen and oxygen atoms in total. The van der Waals surface area contributed by atoms with E-state index in [0.717, 1.165) is 49.1 Å². The molecule has 0 aromatic heterocycles. The molecule has 2 aliphatic carbocycles. The molecule has 0 bridgehead atoms. The number of hydrogen-bond acceptors (Lipinski definition) is 1.